The number of hydrogen-bond acceptors (Lipinski definition) is 2. The van der Waals surface area contributed by atoms with Crippen LogP contribution >= 0.6 is 0 Å². The Bertz CT molecular complexity index is 256. The predicted molar refractivity (Wildman–Crippen MR) is 79.3 cm³/mol. The third-order valence-electron chi connectivity index (χ3n) is 3.98. The standard InChI is InChI=1S/C16H30N2/c1-3-4-5-12-18(2)13-6-7-15-8-10-16(14-17)11-9-15/h15-16H,3-5,8-14,17H2,1-2H3. The van der Waals surface area contributed by atoms with E-state index in [0.717, 1.165) is 19.0 Å². The molecule has 0 radical (unpaired) electrons. The normalized spacial score (nSPS) is 23.8. The summed E-state index contributed by atoms with van der Waals surface area (Å²) in [6, 6.07) is 0. The first kappa shape index (κ1) is 15.5. The lowest BCUT2D eigenvalue weighted by Crippen LogP contribution is -2.21. The topological polar surface area (TPSA) is 29.3 Å². The third kappa shape index (κ3) is 6.42. The lowest BCUT2D eigenvalue weighted by molar-refractivity contribution is 0.322. The summed E-state index contributed by atoms with van der Waals surface area (Å²) in [6.45, 7) is 5.22. The Hall–Kier alpha value is -0.520. The molecule has 0 aliphatic heterocycles. The summed E-state index contributed by atoms with van der Waals surface area (Å²) in [5.74, 6) is 8.21. The van der Waals surface area contributed by atoms with Gasteiger partial charge in [0.25, 0.3) is 0 Å². The van der Waals surface area contributed by atoms with Gasteiger partial charge in [-0.05, 0) is 58.2 Å². The fourth-order valence-electron chi connectivity index (χ4n) is 2.58. The van der Waals surface area contributed by atoms with Crippen molar-refractivity contribution < 1.29 is 0 Å². The van der Waals surface area contributed by atoms with Crippen molar-refractivity contribution in [2.75, 3.05) is 26.7 Å². The fourth-order valence-corrected chi connectivity index (χ4v) is 2.58. The van der Waals surface area contributed by atoms with Crippen LogP contribution < -0.4 is 5.73 Å². The van der Waals surface area contributed by atoms with Crippen LogP contribution in [0.15, 0.2) is 0 Å². The minimum absolute atomic E-state index is 0.636. The zero-order chi connectivity index (χ0) is 13.2. The zero-order valence-electron chi connectivity index (χ0n) is 12.3. The molecule has 0 aromatic heterocycles. The van der Waals surface area contributed by atoms with Gasteiger partial charge in [-0.25, -0.2) is 0 Å². The molecule has 2 N–H and O–H groups in total. The maximum absolute atomic E-state index is 5.70. The van der Waals surface area contributed by atoms with Crippen LogP contribution in [0.5, 0.6) is 0 Å². The highest BCUT2D eigenvalue weighted by atomic mass is 15.1. The monoisotopic (exact) mass is 250 g/mol. The lowest BCUT2D eigenvalue weighted by Gasteiger charge is -2.24. The van der Waals surface area contributed by atoms with Crippen LogP contribution in [0.1, 0.15) is 51.9 Å². The van der Waals surface area contributed by atoms with Crippen molar-refractivity contribution in [2.45, 2.75) is 51.9 Å². The van der Waals surface area contributed by atoms with Gasteiger partial charge in [-0.1, -0.05) is 31.6 Å². The van der Waals surface area contributed by atoms with E-state index in [4.69, 9.17) is 5.73 Å². The van der Waals surface area contributed by atoms with Crippen molar-refractivity contribution in [2.24, 2.45) is 17.6 Å². The molecule has 0 aromatic rings. The van der Waals surface area contributed by atoms with Crippen LogP contribution in [0, 0.1) is 23.7 Å². The first-order valence-corrected chi connectivity index (χ1v) is 7.63. The van der Waals surface area contributed by atoms with Gasteiger partial charge in [-0.15, -0.1) is 0 Å². The van der Waals surface area contributed by atoms with E-state index in [2.05, 4.69) is 30.7 Å². The highest BCUT2D eigenvalue weighted by Crippen LogP contribution is 2.27. The molecule has 1 aliphatic rings. The smallest absolute Gasteiger partial charge is 0.0599 e. The maximum Gasteiger partial charge on any atom is 0.0599 e. The number of unbranched alkanes of at least 4 members (excludes halogenated alkanes) is 2. The summed E-state index contributed by atoms with van der Waals surface area (Å²) in [5.41, 5.74) is 5.70. The minimum Gasteiger partial charge on any atom is -0.330 e. The van der Waals surface area contributed by atoms with E-state index in [1.54, 1.807) is 0 Å². The van der Waals surface area contributed by atoms with Gasteiger partial charge in [0, 0.05) is 5.92 Å². The van der Waals surface area contributed by atoms with Crippen LogP contribution in [-0.2, 0) is 0 Å². The molecule has 0 atom stereocenters. The van der Waals surface area contributed by atoms with Gasteiger partial charge < -0.3 is 5.73 Å². The minimum atomic E-state index is 0.636. The van der Waals surface area contributed by atoms with Crippen LogP contribution in [-0.4, -0.2) is 31.6 Å². The number of hydrogen-bond donors (Lipinski definition) is 1. The Balaban J connectivity index is 2.13. The second-order valence-corrected chi connectivity index (χ2v) is 5.72. The summed E-state index contributed by atoms with van der Waals surface area (Å²) in [6.07, 6.45) is 9.01. The number of nitrogens with zero attached hydrogens (tertiary/aromatic N) is 1. The molecule has 0 amide bonds. The van der Waals surface area contributed by atoms with Crippen molar-refractivity contribution in [1.82, 2.24) is 4.90 Å². The SMILES string of the molecule is CCCCCN(C)CC#CC1CCC(CN)CC1. The van der Waals surface area contributed by atoms with Crippen molar-refractivity contribution in [3.8, 4) is 11.8 Å². The van der Waals surface area contributed by atoms with E-state index in [0.29, 0.717) is 5.92 Å². The van der Waals surface area contributed by atoms with E-state index in [-0.39, 0.29) is 0 Å². The van der Waals surface area contributed by atoms with Crippen molar-refractivity contribution >= 4 is 0 Å². The first-order valence-electron chi connectivity index (χ1n) is 7.63. The molecule has 0 spiro atoms. The second kappa shape index (κ2) is 9.42. The summed E-state index contributed by atoms with van der Waals surface area (Å²) in [5, 5.41) is 0. The van der Waals surface area contributed by atoms with Gasteiger partial charge in [-0.3, -0.25) is 4.90 Å². The molecule has 1 rings (SSSR count). The molecule has 2 nitrogen and oxygen atoms in total. The van der Waals surface area contributed by atoms with E-state index in [1.807, 2.05) is 0 Å². The van der Waals surface area contributed by atoms with Crippen LogP contribution in [0.4, 0.5) is 0 Å². The van der Waals surface area contributed by atoms with E-state index >= 15 is 0 Å². The highest BCUT2D eigenvalue weighted by molar-refractivity contribution is 5.06. The Morgan fingerprint density at radius 1 is 1.17 bits per heavy atom. The molecular weight excluding hydrogens is 220 g/mol. The van der Waals surface area contributed by atoms with Crippen molar-refractivity contribution in [3.05, 3.63) is 0 Å². The molecular formula is C16H30N2. The number of rotatable bonds is 6. The molecule has 0 unspecified atom stereocenters. The third-order valence-corrected chi connectivity index (χ3v) is 3.98. The molecule has 1 aliphatic carbocycles. The van der Waals surface area contributed by atoms with Gasteiger partial charge >= 0.3 is 0 Å². The highest BCUT2D eigenvalue weighted by Gasteiger charge is 2.18. The van der Waals surface area contributed by atoms with E-state index in [9.17, 15) is 0 Å². The summed E-state index contributed by atoms with van der Waals surface area (Å²) < 4.78 is 0. The van der Waals surface area contributed by atoms with Crippen molar-refractivity contribution in [3.63, 3.8) is 0 Å². The first-order chi connectivity index (χ1) is 8.76. The largest absolute Gasteiger partial charge is 0.330 e. The summed E-state index contributed by atoms with van der Waals surface area (Å²) in [7, 11) is 2.18. The van der Waals surface area contributed by atoms with Crippen LogP contribution in [0.2, 0.25) is 0 Å². The Morgan fingerprint density at radius 3 is 2.50 bits per heavy atom. The molecule has 2 heteroatoms. The fraction of sp³-hybridized carbons (Fsp3) is 0.875. The molecule has 0 saturated heterocycles. The summed E-state index contributed by atoms with van der Waals surface area (Å²) in [4.78, 5) is 2.34. The summed E-state index contributed by atoms with van der Waals surface area (Å²) >= 11 is 0. The number of nitrogens with two attached hydrogens (primary N) is 1. The molecule has 0 heterocycles. The van der Waals surface area contributed by atoms with Gasteiger partial charge in [0.2, 0.25) is 0 Å². The van der Waals surface area contributed by atoms with Crippen LogP contribution in [0.25, 0.3) is 0 Å². The zero-order valence-corrected chi connectivity index (χ0v) is 12.3. The van der Waals surface area contributed by atoms with E-state index in [1.165, 1.54) is 51.5 Å². The Morgan fingerprint density at radius 2 is 1.89 bits per heavy atom. The molecule has 104 valence electrons. The average Bonchev–Trinajstić information content (AvgIpc) is 2.40. The molecule has 0 aromatic carbocycles. The second-order valence-electron chi connectivity index (χ2n) is 5.72. The van der Waals surface area contributed by atoms with Crippen LogP contribution in [0.3, 0.4) is 0 Å². The lowest BCUT2D eigenvalue weighted by atomic mass is 9.82. The Kier molecular flexibility index (Phi) is 8.13. The molecule has 0 bridgehead atoms. The average molecular weight is 250 g/mol. The molecule has 18 heavy (non-hydrogen) atoms. The van der Waals surface area contributed by atoms with Gasteiger partial charge in [0.1, 0.15) is 0 Å². The van der Waals surface area contributed by atoms with E-state index < -0.39 is 0 Å². The van der Waals surface area contributed by atoms with Gasteiger partial charge in [-0.2, -0.15) is 0 Å². The van der Waals surface area contributed by atoms with Gasteiger partial charge in [0.15, 0.2) is 0 Å². The quantitative estimate of drug-likeness (QED) is 0.580. The molecule has 1 saturated carbocycles. The maximum atomic E-state index is 5.70. The molecule has 1 fully saturated rings. The van der Waals surface area contributed by atoms with Gasteiger partial charge in [0.05, 0.1) is 6.54 Å². The Labute approximate surface area is 113 Å². The van der Waals surface area contributed by atoms with Crippen molar-refractivity contribution in [1.29, 1.82) is 0 Å². The predicted octanol–water partition coefficient (Wildman–Crippen LogP) is 2.88.